The molecule has 8 heteroatoms. The van der Waals surface area contributed by atoms with Crippen LogP contribution in [0.15, 0.2) is 24.4 Å². The van der Waals surface area contributed by atoms with Gasteiger partial charge in [-0.2, -0.15) is 13.2 Å². The van der Waals surface area contributed by atoms with Crippen molar-refractivity contribution in [2.24, 2.45) is 0 Å². The zero-order valence-electron chi connectivity index (χ0n) is 13.5. The molecule has 0 saturated carbocycles. The minimum atomic E-state index is -4.47. The van der Waals surface area contributed by atoms with Crippen LogP contribution >= 0.6 is 0 Å². The van der Waals surface area contributed by atoms with Gasteiger partial charge in [-0.1, -0.05) is 0 Å². The summed E-state index contributed by atoms with van der Waals surface area (Å²) in [5.41, 5.74) is -0.143. The highest BCUT2D eigenvalue weighted by molar-refractivity contribution is 5.94. The Kier molecular flexibility index (Phi) is 4.53. The SMILES string of the molecule is Cc1cc(C(=O)N2CCC[C@@H](c3ncc(C(F)(F)F)[nH]3)C2)ccc1F. The van der Waals surface area contributed by atoms with Crippen molar-refractivity contribution in [3.8, 4) is 0 Å². The van der Waals surface area contributed by atoms with E-state index < -0.39 is 11.9 Å². The summed E-state index contributed by atoms with van der Waals surface area (Å²) in [6.45, 7) is 2.37. The number of nitrogens with zero attached hydrogens (tertiary/aromatic N) is 2. The van der Waals surface area contributed by atoms with Crippen LogP contribution in [0.5, 0.6) is 0 Å². The number of carbonyl (C=O) groups is 1. The van der Waals surface area contributed by atoms with Gasteiger partial charge in [-0.3, -0.25) is 4.79 Å². The van der Waals surface area contributed by atoms with Crippen LogP contribution in [0, 0.1) is 12.7 Å². The first-order valence-corrected chi connectivity index (χ1v) is 7.93. The molecule has 1 aliphatic heterocycles. The molecule has 1 atom stereocenters. The molecule has 0 aliphatic carbocycles. The van der Waals surface area contributed by atoms with E-state index in [-0.39, 0.29) is 30.0 Å². The molecule has 1 aliphatic rings. The number of nitrogens with one attached hydrogen (secondary N) is 1. The highest BCUT2D eigenvalue weighted by atomic mass is 19.4. The molecule has 1 aromatic carbocycles. The number of hydrogen-bond acceptors (Lipinski definition) is 2. The summed E-state index contributed by atoms with van der Waals surface area (Å²) in [6.07, 6.45) is -2.38. The van der Waals surface area contributed by atoms with Gasteiger partial charge in [-0.15, -0.1) is 0 Å². The van der Waals surface area contributed by atoms with Crippen LogP contribution in [0.1, 0.15) is 46.2 Å². The van der Waals surface area contributed by atoms with Crippen LogP contribution in [0.4, 0.5) is 17.6 Å². The molecular formula is C17H17F4N3O. The number of benzene rings is 1. The van der Waals surface area contributed by atoms with Gasteiger partial charge in [0.25, 0.3) is 5.91 Å². The van der Waals surface area contributed by atoms with Crippen LogP contribution in [-0.4, -0.2) is 33.9 Å². The number of hydrogen-bond donors (Lipinski definition) is 1. The molecule has 2 aromatic rings. The Balaban J connectivity index is 1.75. The van der Waals surface area contributed by atoms with E-state index in [1.165, 1.54) is 18.2 Å². The number of imidazole rings is 1. The van der Waals surface area contributed by atoms with Crippen LogP contribution in [0.25, 0.3) is 0 Å². The van der Waals surface area contributed by atoms with Gasteiger partial charge in [-0.05, 0) is 43.5 Å². The van der Waals surface area contributed by atoms with E-state index in [2.05, 4.69) is 9.97 Å². The second kappa shape index (κ2) is 6.50. The van der Waals surface area contributed by atoms with E-state index in [4.69, 9.17) is 0 Å². The van der Waals surface area contributed by atoms with Gasteiger partial charge in [0, 0.05) is 24.6 Å². The Morgan fingerprint density at radius 1 is 1.36 bits per heavy atom. The lowest BCUT2D eigenvalue weighted by Crippen LogP contribution is -2.39. The third-order valence-electron chi connectivity index (χ3n) is 4.40. The maximum absolute atomic E-state index is 13.4. The first kappa shape index (κ1) is 17.4. The van der Waals surface area contributed by atoms with Gasteiger partial charge >= 0.3 is 6.18 Å². The maximum atomic E-state index is 13.4. The molecule has 1 saturated heterocycles. The number of H-pyrrole nitrogens is 1. The van der Waals surface area contributed by atoms with Crippen molar-refractivity contribution in [2.75, 3.05) is 13.1 Å². The molecular weight excluding hydrogens is 338 g/mol. The number of aryl methyl sites for hydroxylation is 1. The molecule has 0 bridgehead atoms. The molecule has 1 aromatic heterocycles. The van der Waals surface area contributed by atoms with Crippen LogP contribution in [0.3, 0.4) is 0 Å². The predicted molar refractivity (Wildman–Crippen MR) is 82.6 cm³/mol. The van der Waals surface area contributed by atoms with E-state index in [9.17, 15) is 22.4 Å². The third kappa shape index (κ3) is 3.67. The molecule has 0 radical (unpaired) electrons. The van der Waals surface area contributed by atoms with Crippen LogP contribution in [0.2, 0.25) is 0 Å². The smallest absolute Gasteiger partial charge is 0.338 e. The lowest BCUT2D eigenvalue weighted by atomic mass is 9.96. The average Bonchev–Trinajstić information content (AvgIpc) is 3.07. The molecule has 1 fully saturated rings. The second-order valence-corrected chi connectivity index (χ2v) is 6.23. The van der Waals surface area contributed by atoms with E-state index in [0.29, 0.717) is 30.5 Å². The highest BCUT2D eigenvalue weighted by Crippen LogP contribution is 2.31. The van der Waals surface area contributed by atoms with Crippen LogP contribution < -0.4 is 0 Å². The molecule has 3 rings (SSSR count). The minimum Gasteiger partial charge on any atom is -0.338 e. The molecule has 0 unspecified atom stereocenters. The van der Waals surface area contributed by atoms with Crippen LogP contribution in [-0.2, 0) is 6.18 Å². The first-order valence-electron chi connectivity index (χ1n) is 7.93. The zero-order valence-corrected chi connectivity index (χ0v) is 13.5. The number of rotatable bonds is 2. The Hall–Kier alpha value is -2.38. The molecule has 1 N–H and O–H groups in total. The molecule has 2 heterocycles. The van der Waals surface area contributed by atoms with Gasteiger partial charge in [-0.25, -0.2) is 9.37 Å². The van der Waals surface area contributed by atoms with Gasteiger partial charge in [0.1, 0.15) is 17.3 Å². The number of aromatic amines is 1. The average molecular weight is 355 g/mol. The molecule has 134 valence electrons. The Labute approximate surface area is 141 Å². The Bertz CT molecular complexity index is 784. The standard InChI is InChI=1S/C17H17F4N3O/c1-10-7-11(4-5-13(10)18)16(25)24-6-2-3-12(9-24)15-22-8-14(23-15)17(19,20)21/h4-5,7-8,12H,2-3,6,9H2,1H3,(H,22,23)/t12-/m1/s1. The molecule has 25 heavy (non-hydrogen) atoms. The largest absolute Gasteiger partial charge is 0.432 e. The summed E-state index contributed by atoms with van der Waals surface area (Å²) in [4.78, 5) is 20.3. The summed E-state index contributed by atoms with van der Waals surface area (Å²) in [6, 6.07) is 4.14. The van der Waals surface area contributed by atoms with E-state index >= 15 is 0 Å². The predicted octanol–water partition coefficient (Wildman–Crippen LogP) is 3.90. The molecule has 4 nitrogen and oxygen atoms in total. The normalized spacial score (nSPS) is 18.4. The Morgan fingerprint density at radius 3 is 2.76 bits per heavy atom. The number of halogens is 4. The quantitative estimate of drug-likeness (QED) is 0.831. The third-order valence-corrected chi connectivity index (χ3v) is 4.40. The van der Waals surface area contributed by atoms with Crippen molar-refractivity contribution < 1.29 is 22.4 Å². The van der Waals surface area contributed by atoms with Crippen molar-refractivity contribution in [2.45, 2.75) is 31.9 Å². The van der Waals surface area contributed by atoms with Crippen molar-refractivity contribution >= 4 is 5.91 Å². The Morgan fingerprint density at radius 2 is 2.12 bits per heavy atom. The number of alkyl halides is 3. The van der Waals surface area contributed by atoms with E-state index in [1.54, 1.807) is 11.8 Å². The number of amides is 1. The lowest BCUT2D eigenvalue weighted by molar-refractivity contribution is -0.141. The van der Waals surface area contributed by atoms with Gasteiger partial charge in [0.2, 0.25) is 0 Å². The highest BCUT2D eigenvalue weighted by Gasteiger charge is 2.35. The maximum Gasteiger partial charge on any atom is 0.432 e. The fraction of sp³-hybridized carbons (Fsp3) is 0.412. The first-order chi connectivity index (χ1) is 11.8. The number of piperidine rings is 1. The molecule has 0 spiro atoms. The summed E-state index contributed by atoms with van der Waals surface area (Å²) < 4.78 is 51.5. The second-order valence-electron chi connectivity index (χ2n) is 6.23. The summed E-state index contributed by atoms with van der Waals surface area (Å²) in [7, 11) is 0. The number of likely N-dealkylation sites (tertiary alicyclic amines) is 1. The van der Waals surface area contributed by atoms with E-state index in [1.807, 2.05) is 0 Å². The summed E-state index contributed by atoms with van der Waals surface area (Å²) in [5.74, 6) is -0.686. The van der Waals surface area contributed by atoms with Crippen molar-refractivity contribution in [3.05, 3.63) is 52.9 Å². The fourth-order valence-corrected chi connectivity index (χ4v) is 3.03. The summed E-state index contributed by atoms with van der Waals surface area (Å²) >= 11 is 0. The van der Waals surface area contributed by atoms with Crippen molar-refractivity contribution in [1.29, 1.82) is 0 Å². The van der Waals surface area contributed by atoms with Gasteiger partial charge < -0.3 is 9.88 Å². The summed E-state index contributed by atoms with van der Waals surface area (Å²) in [5, 5.41) is 0. The van der Waals surface area contributed by atoms with Crippen molar-refractivity contribution in [1.82, 2.24) is 14.9 Å². The topological polar surface area (TPSA) is 49.0 Å². The van der Waals surface area contributed by atoms with E-state index in [0.717, 1.165) is 6.20 Å². The van der Waals surface area contributed by atoms with Crippen molar-refractivity contribution in [3.63, 3.8) is 0 Å². The fourth-order valence-electron chi connectivity index (χ4n) is 3.03. The minimum absolute atomic E-state index is 0.236. The number of aromatic nitrogens is 2. The zero-order chi connectivity index (χ0) is 18.2. The van der Waals surface area contributed by atoms with Gasteiger partial charge in [0.05, 0.1) is 6.20 Å². The number of carbonyl (C=O) groups excluding carboxylic acids is 1. The van der Waals surface area contributed by atoms with Gasteiger partial charge in [0.15, 0.2) is 0 Å². The lowest BCUT2D eigenvalue weighted by Gasteiger charge is -2.32. The molecule has 1 amide bonds. The monoisotopic (exact) mass is 355 g/mol.